The van der Waals surface area contributed by atoms with Gasteiger partial charge in [0.25, 0.3) is 11.8 Å². The molecule has 1 spiro atoms. The second-order valence-electron chi connectivity index (χ2n) is 13.0. The van der Waals surface area contributed by atoms with Gasteiger partial charge in [-0.25, -0.2) is 4.98 Å². The van der Waals surface area contributed by atoms with Crippen LogP contribution in [0.3, 0.4) is 0 Å². The van der Waals surface area contributed by atoms with Crippen molar-refractivity contribution in [1.29, 1.82) is 0 Å². The molecule has 1 aromatic carbocycles. The number of carbonyl (C=O) groups is 2. The number of carbonyl (C=O) groups excluding carboxylic acids is 2. The van der Waals surface area contributed by atoms with Crippen molar-refractivity contribution in [2.45, 2.75) is 56.6 Å². The molecule has 10 heteroatoms. The van der Waals surface area contributed by atoms with E-state index in [1.807, 2.05) is 17.0 Å². The van der Waals surface area contributed by atoms with Crippen LogP contribution in [-0.2, 0) is 14.9 Å². The number of hydrogen-bond donors (Lipinski definition) is 3. The molecule has 0 radical (unpaired) electrons. The summed E-state index contributed by atoms with van der Waals surface area (Å²) < 4.78 is 11.8. The normalized spacial score (nSPS) is 27.7. The summed E-state index contributed by atoms with van der Waals surface area (Å²) in [6, 6.07) is 9.76. The van der Waals surface area contributed by atoms with Crippen molar-refractivity contribution in [1.82, 2.24) is 15.2 Å². The van der Waals surface area contributed by atoms with E-state index in [9.17, 15) is 9.59 Å². The third-order valence-electron chi connectivity index (χ3n) is 10.1. The summed E-state index contributed by atoms with van der Waals surface area (Å²) in [4.78, 5) is 36.3. The molecule has 46 heavy (non-hydrogen) atoms. The van der Waals surface area contributed by atoms with Gasteiger partial charge in [0.05, 0.1) is 31.5 Å². The van der Waals surface area contributed by atoms with Gasteiger partial charge in [-0.3, -0.25) is 14.6 Å². The van der Waals surface area contributed by atoms with E-state index >= 15 is 0 Å². The SMILES string of the molecule is CN=CC(=CN)c1cnc(N)c(C(=O)NC2CCCC23CC3OCC2=CCC(C)(c3ccc(C(=O)N4CCOCC4)cc3)C=C2)c1. The average molecular weight is 625 g/mol. The molecule has 1 aromatic heterocycles. The fraction of sp³-hybridized carbons (Fsp3) is 0.444. The predicted molar refractivity (Wildman–Crippen MR) is 179 cm³/mol. The van der Waals surface area contributed by atoms with Gasteiger partial charge in [-0.1, -0.05) is 43.7 Å². The van der Waals surface area contributed by atoms with Gasteiger partial charge in [0.1, 0.15) is 5.82 Å². The van der Waals surface area contributed by atoms with E-state index in [1.54, 1.807) is 25.5 Å². The van der Waals surface area contributed by atoms with E-state index in [2.05, 4.69) is 52.6 Å². The summed E-state index contributed by atoms with van der Waals surface area (Å²) in [6.45, 7) is 5.23. The third kappa shape index (κ3) is 6.37. The average Bonchev–Trinajstić information content (AvgIpc) is 3.66. The molecule has 2 amide bonds. The van der Waals surface area contributed by atoms with E-state index in [1.165, 1.54) is 11.8 Å². The minimum absolute atomic E-state index is 0.0204. The first-order chi connectivity index (χ1) is 22.3. The number of pyridine rings is 1. The van der Waals surface area contributed by atoms with Crippen molar-refractivity contribution in [3.63, 3.8) is 0 Å². The largest absolute Gasteiger partial charge is 0.404 e. The molecule has 2 saturated carbocycles. The lowest BCUT2D eigenvalue weighted by Crippen LogP contribution is -2.40. The Labute approximate surface area is 270 Å². The number of hydrogen-bond acceptors (Lipinski definition) is 8. The highest BCUT2D eigenvalue weighted by Crippen LogP contribution is 2.59. The summed E-state index contributed by atoms with van der Waals surface area (Å²) in [6.07, 6.45) is 16.2. The highest BCUT2D eigenvalue weighted by molar-refractivity contribution is 6.10. The number of allylic oxidation sites excluding steroid dienone is 3. The van der Waals surface area contributed by atoms with Crippen LogP contribution in [0.25, 0.3) is 5.57 Å². The number of aromatic nitrogens is 1. The van der Waals surface area contributed by atoms with Crippen LogP contribution in [0.4, 0.5) is 5.82 Å². The molecule has 242 valence electrons. The lowest BCUT2D eigenvalue weighted by atomic mass is 9.76. The van der Waals surface area contributed by atoms with Crippen molar-refractivity contribution in [3.8, 4) is 0 Å². The summed E-state index contributed by atoms with van der Waals surface area (Å²) >= 11 is 0. The molecule has 4 aliphatic rings. The number of aliphatic imine (C=N–C) groups is 1. The third-order valence-corrected chi connectivity index (χ3v) is 10.1. The van der Waals surface area contributed by atoms with Crippen LogP contribution < -0.4 is 16.8 Å². The molecule has 4 unspecified atom stereocenters. The molecule has 10 nitrogen and oxygen atoms in total. The predicted octanol–water partition coefficient (Wildman–Crippen LogP) is 4.04. The van der Waals surface area contributed by atoms with Gasteiger partial charge in [-0.2, -0.15) is 0 Å². The van der Waals surface area contributed by atoms with E-state index in [0.717, 1.165) is 37.7 Å². The van der Waals surface area contributed by atoms with Crippen molar-refractivity contribution in [2.75, 3.05) is 45.7 Å². The lowest BCUT2D eigenvalue weighted by molar-refractivity contribution is 0.0303. The maximum Gasteiger partial charge on any atom is 0.255 e. The van der Waals surface area contributed by atoms with Gasteiger partial charge >= 0.3 is 0 Å². The van der Waals surface area contributed by atoms with Crippen LogP contribution in [-0.4, -0.2) is 80.0 Å². The molecule has 6 rings (SSSR count). The first-order valence-corrected chi connectivity index (χ1v) is 16.1. The Morgan fingerprint density at radius 2 is 2.00 bits per heavy atom. The van der Waals surface area contributed by atoms with Crippen molar-refractivity contribution >= 4 is 29.4 Å². The van der Waals surface area contributed by atoms with Gasteiger partial charge in [0.2, 0.25) is 0 Å². The molecule has 5 N–H and O–H groups in total. The Balaban J connectivity index is 1.03. The summed E-state index contributed by atoms with van der Waals surface area (Å²) in [5, 5.41) is 3.25. The van der Waals surface area contributed by atoms with Gasteiger partial charge < -0.3 is 31.2 Å². The first-order valence-electron chi connectivity index (χ1n) is 16.1. The Hall–Kier alpha value is -4.28. The molecule has 0 bridgehead atoms. The smallest absolute Gasteiger partial charge is 0.255 e. The minimum atomic E-state index is -0.232. The van der Waals surface area contributed by atoms with Gasteiger partial charge in [0, 0.05) is 72.3 Å². The van der Waals surface area contributed by atoms with Gasteiger partial charge in [0.15, 0.2) is 0 Å². The monoisotopic (exact) mass is 624 g/mol. The van der Waals surface area contributed by atoms with Crippen molar-refractivity contribution < 1.29 is 19.1 Å². The van der Waals surface area contributed by atoms with E-state index in [-0.39, 0.29) is 40.6 Å². The highest BCUT2D eigenvalue weighted by atomic mass is 16.5. The molecule has 1 aliphatic heterocycles. The summed E-state index contributed by atoms with van der Waals surface area (Å²) in [5.74, 6) is 0.0126. The minimum Gasteiger partial charge on any atom is -0.404 e. The summed E-state index contributed by atoms with van der Waals surface area (Å²) in [5.41, 5.74) is 16.4. The number of rotatable bonds is 9. The zero-order valence-corrected chi connectivity index (χ0v) is 26.7. The summed E-state index contributed by atoms with van der Waals surface area (Å²) in [7, 11) is 1.66. The second kappa shape index (κ2) is 13.2. The van der Waals surface area contributed by atoms with Crippen LogP contribution in [0.2, 0.25) is 0 Å². The topological polar surface area (TPSA) is 145 Å². The van der Waals surface area contributed by atoms with Gasteiger partial charge in [-0.05, 0) is 55.0 Å². The zero-order chi connectivity index (χ0) is 32.3. The number of nitrogens with zero attached hydrogens (tertiary/aromatic N) is 3. The number of nitrogens with two attached hydrogens (primary N) is 2. The molecule has 3 aliphatic carbocycles. The zero-order valence-electron chi connectivity index (χ0n) is 26.7. The standard InChI is InChI=1S/C36H44N6O4/c1-35(28-7-5-25(6-8-28)34(44)42-14-16-45-17-15-42)12-9-24(10-13-35)23-46-31-19-36(31)11-3-4-30(36)41-33(43)29-18-26(22-40-32(29)38)27(20-37)21-39-2/h5-10,12,18,20-22,30-31H,3-4,11,13-17,19,23,37H2,1-2H3,(H2,38,40)(H,41,43). The molecule has 3 fully saturated rings. The lowest BCUT2D eigenvalue weighted by Gasteiger charge is -2.30. The Kier molecular flexibility index (Phi) is 9.11. The van der Waals surface area contributed by atoms with Crippen LogP contribution in [0.5, 0.6) is 0 Å². The quantitative estimate of drug-likeness (QED) is 0.357. The van der Waals surface area contributed by atoms with Crippen LogP contribution in [0.15, 0.2) is 71.5 Å². The molecule has 2 aromatic rings. The Bertz CT molecular complexity index is 1590. The van der Waals surface area contributed by atoms with E-state index < -0.39 is 0 Å². The number of morpholine rings is 1. The molecule has 4 atom stereocenters. The molecule has 1 saturated heterocycles. The fourth-order valence-corrected chi connectivity index (χ4v) is 7.09. The number of anilines is 1. The maximum absolute atomic E-state index is 13.4. The number of nitrogen functional groups attached to an aromatic ring is 1. The van der Waals surface area contributed by atoms with Crippen molar-refractivity contribution in [3.05, 3.63) is 88.8 Å². The van der Waals surface area contributed by atoms with Gasteiger partial charge in [-0.15, -0.1) is 0 Å². The molecular weight excluding hydrogens is 580 g/mol. The Morgan fingerprint density at radius 3 is 2.70 bits per heavy atom. The number of nitrogens with one attached hydrogen (secondary N) is 1. The number of ether oxygens (including phenoxy) is 2. The first kappa shape index (κ1) is 31.7. The van der Waals surface area contributed by atoms with E-state index in [4.69, 9.17) is 20.9 Å². The van der Waals surface area contributed by atoms with Crippen LogP contribution in [0.1, 0.15) is 70.9 Å². The fourth-order valence-electron chi connectivity index (χ4n) is 7.09. The van der Waals surface area contributed by atoms with Crippen LogP contribution >= 0.6 is 0 Å². The maximum atomic E-state index is 13.4. The number of amides is 2. The number of benzene rings is 1. The van der Waals surface area contributed by atoms with Crippen LogP contribution in [0, 0.1) is 5.41 Å². The Morgan fingerprint density at radius 1 is 1.22 bits per heavy atom. The second-order valence-corrected chi connectivity index (χ2v) is 13.0. The highest BCUT2D eigenvalue weighted by Gasteiger charge is 2.62. The van der Waals surface area contributed by atoms with E-state index in [0.29, 0.717) is 55.2 Å². The van der Waals surface area contributed by atoms with Crippen molar-refractivity contribution in [2.24, 2.45) is 16.1 Å². The molecule has 2 heterocycles. The molecular formula is C36H44N6O4.